The number of nitrogens with two attached hydrogens (primary N) is 1. The second-order valence-electron chi connectivity index (χ2n) is 5.15. The molecule has 6 nitrogen and oxygen atoms in total. The maximum atomic E-state index is 14.2. The van der Waals surface area contributed by atoms with Gasteiger partial charge in [0.1, 0.15) is 30.5 Å². The molecule has 1 aromatic heterocycles. The summed E-state index contributed by atoms with van der Waals surface area (Å²) >= 11 is 0. The summed E-state index contributed by atoms with van der Waals surface area (Å²) in [5.41, 5.74) is 7.99. The van der Waals surface area contributed by atoms with Crippen molar-refractivity contribution >= 4 is 11.4 Å². The second kappa shape index (κ2) is 4.76. The Morgan fingerprint density at radius 1 is 1.45 bits per heavy atom. The van der Waals surface area contributed by atoms with Gasteiger partial charge in [-0.15, -0.1) is 0 Å². The average molecular weight is 281 g/mol. The number of fused-ring (bicyclic) bond motifs is 1. The SMILES string of the molecule is CC1=CC([C@@H]2O[C@H](CO)[C@@H](O)[C@@H]2F)c2ncnc(N)c21. The number of alkyl halides is 1. The van der Waals surface area contributed by atoms with Gasteiger partial charge in [0, 0.05) is 11.5 Å². The van der Waals surface area contributed by atoms with Gasteiger partial charge in [-0.3, -0.25) is 0 Å². The minimum absolute atomic E-state index is 0.346. The van der Waals surface area contributed by atoms with Crippen molar-refractivity contribution in [3.05, 3.63) is 23.7 Å². The molecule has 1 aliphatic carbocycles. The summed E-state index contributed by atoms with van der Waals surface area (Å²) in [5, 5.41) is 18.8. The molecule has 5 atom stereocenters. The molecule has 1 fully saturated rings. The lowest BCUT2D eigenvalue weighted by Crippen LogP contribution is -2.32. The summed E-state index contributed by atoms with van der Waals surface area (Å²) in [6, 6.07) is 0. The van der Waals surface area contributed by atoms with Crippen LogP contribution in [0.15, 0.2) is 12.4 Å². The van der Waals surface area contributed by atoms with Crippen molar-refractivity contribution in [2.75, 3.05) is 12.3 Å². The number of nitrogen functional groups attached to an aromatic ring is 1. The molecule has 2 heterocycles. The van der Waals surface area contributed by atoms with Gasteiger partial charge in [-0.05, 0) is 12.5 Å². The molecule has 20 heavy (non-hydrogen) atoms. The Bertz CT molecular complexity index is 566. The molecule has 1 saturated heterocycles. The molecule has 0 bridgehead atoms. The lowest BCUT2D eigenvalue weighted by Gasteiger charge is -2.19. The molecule has 1 aliphatic heterocycles. The number of aliphatic hydroxyl groups is 2. The van der Waals surface area contributed by atoms with Crippen molar-refractivity contribution in [2.45, 2.75) is 37.3 Å². The van der Waals surface area contributed by atoms with Crippen LogP contribution in [0.25, 0.3) is 5.57 Å². The summed E-state index contributed by atoms with van der Waals surface area (Å²) in [6.45, 7) is 1.42. The first kappa shape index (κ1) is 13.4. The number of anilines is 1. The first-order chi connectivity index (χ1) is 9.54. The molecular weight excluding hydrogens is 265 g/mol. The van der Waals surface area contributed by atoms with E-state index in [4.69, 9.17) is 15.6 Å². The van der Waals surface area contributed by atoms with Crippen LogP contribution in [-0.4, -0.2) is 51.3 Å². The van der Waals surface area contributed by atoms with Crippen molar-refractivity contribution in [1.82, 2.24) is 9.97 Å². The van der Waals surface area contributed by atoms with E-state index in [9.17, 15) is 9.50 Å². The van der Waals surface area contributed by atoms with Gasteiger partial charge in [0.2, 0.25) is 0 Å². The monoisotopic (exact) mass is 281 g/mol. The third-order valence-corrected chi connectivity index (χ3v) is 3.93. The maximum Gasteiger partial charge on any atom is 0.155 e. The quantitative estimate of drug-likeness (QED) is 0.706. The van der Waals surface area contributed by atoms with E-state index >= 15 is 0 Å². The van der Waals surface area contributed by atoms with Gasteiger partial charge in [-0.1, -0.05) is 6.08 Å². The molecule has 1 unspecified atom stereocenters. The van der Waals surface area contributed by atoms with E-state index in [0.29, 0.717) is 17.1 Å². The first-order valence-corrected chi connectivity index (χ1v) is 6.42. The summed E-state index contributed by atoms with van der Waals surface area (Å²) in [6.07, 6.45) is -1.56. The highest BCUT2D eigenvalue weighted by Crippen LogP contribution is 2.43. The van der Waals surface area contributed by atoms with Gasteiger partial charge in [0.15, 0.2) is 6.17 Å². The zero-order chi connectivity index (χ0) is 14.4. The van der Waals surface area contributed by atoms with Crippen LogP contribution in [-0.2, 0) is 4.74 Å². The molecular formula is C13H16FN3O3. The zero-order valence-electron chi connectivity index (χ0n) is 10.9. The van der Waals surface area contributed by atoms with Crippen molar-refractivity contribution in [3.8, 4) is 0 Å². The maximum absolute atomic E-state index is 14.2. The molecule has 0 amide bonds. The lowest BCUT2D eigenvalue weighted by molar-refractivity contribution is -0.0253. The van der Waals surface area contributed by atoms with E-state index in [2.05, 4.69) is 9.97 Å². The zero-order valence-corrected chi connectivity index (χ0v) is 10.9. The number of aliphatic hydroxyl groups excluding tert-OH is 2. The molecule has 7 heteroatoms. The van der Waals surface area contributed by atoms with Crippen LogP contribution < -0.4 is 5.73 Å². The van der Waals surface area contributed by atoms with Gasteiger partial charge in [0.05, 0.1) is 12.3 Å². The predicted molar refractivity (Wildman–Crippen MR) is 69.5 cm³/mol. The van der Waals surface area contributed by atoms with E-state index in [0.717, 1.165) is 5.57 Å². The molecule has 0 spiro atoms. The molecule has 4 N–H and O–H groups in total. The Morgan fingerprint density at radius 2 is 2.20 bits per heavy atom. The standard InChI is InChI=1S/C13H16FN3O3/c1-5-2-6(10-8(5)13(15)17-4-16-10)12-9(14)11(19)7(3-18)20-12/h2,4,6-7,9,11-12,18-19H,3H2,1H3,(H2,15,16,17)/t6?,7-,9+,11-,12+/m1/s1. The average Bonchev–Trinajstić information content (AvgIpc) is 2.90. The summed E-state index contributed by atoms with van der Waals surface area (Å²) in [4.78, 5) is 8.10. The molecule has 0 radical (unpaired) electrons. The smallest absolute Gasteiger partial charge is 0.155 e. The molecule has 108 valence electrons. The normalized spacial score (nSPS) is 36.0. The number of ether oxygens (including phenoxy) is 1. The van der Waals surface area contributed by atoms with E-state index in [1.54, 1.807) is 0 Å². The highest BCUT2D eigenvalue weighted by Gasteiger charge is 2.49. The fraction of sp³-hybridized carbons (Fsp3) is 0.538. The Kier molecular flexibility index (Phi) is 3.19. The van der Waals surface area contributed by atoms with E-state index in [1.807, 2.05) is 13.0 Å². The van der Waals surface area contributed by atoms with Crippen LogP contribution in [0.4, 0.5) is 10.2 Å². The fourth-order valence-corrected chi connectivity index (χ4v) is 2.94. The summed E-state index contributed by atoms with van der Waals surface area (Å²) in [7, 11) is 0. The van der Waals surface area contributed by atoms with Gasteiger partial charge < -0.3 is 20.7 Å². The number of allylic oxidation sites excluding steroid dienone is 1. The van der Waals surface area contributed by atoms with Crippen LogP contribution in [0.5, 0.6) is 0 Å². The first-order valence-electron chi connectivity index (χ1n) is 6.42. The Balaban J connectivity index is 1.97. The third kappa shape index (κ3) is 1.81. The lowest BCUT2D eigenvalue weighted by atomic mass is 9.95. The van der Waals surface area contributed by atoms with E-state index in [1.165, 1.54) is 6.33 Å². The van der Waals surface area contributed by atoms with Gasteiger partial charge in [-0.25, -0.2) is 14.4 Å². The fourth-order valence-electron chi connectivity index (χ4n) is 2.94. The minimum Gasteiger partial charge on any atom is -0.394 e. The highest BCUT2D eigenvalue weighted by molar-refractivity contribution is 5.78. The van der Waals surface area contributed by atoms with Crippen molar-refractivity contribution in [3.63, 3.8) is 0 Å². The Hall–Kier alpha value is -1.57. The molecule has 1 aromatic rings. The minimum atomic E-state index is -1.58. The second-order valence-corrected chi connectivity index (χ2v) is 5.15. The van der Waals surface area contributed by atoms with Crippen LogP contribution in [0.3, 0.4) is 0 Å². The predicted octanol–water partition coefficient (Wildman–Crippen LogP) is 0.0180. The van der Waals surface area contributed by atoms with Crippen LogP contribution in [0, 0.1) is 0 Å². The Morgan fingerprint density at radius 3 is 2.85 bits per heavy atom. The number of nitrogens with zero attached hydrogens (tertiary/aromatic N) is 2. The number of rotatable bonds is 2. The summed E-state index contributed by atoms with van der Waals surface area (Å²) < 4.78 is 19.6. The van der Waals surface area contributed by atoms with E-state index < -0.39 is 37.0 Å². The van der Waals surface area contributed by atoms with Crippen LogP contribution >= 0.6 is 0 Å². The van der Waals surface area contributed by atoms with Crippen LogP contribution in [0.1, 0.15) is 24.1 Å². The van der Waals surface area contributed by atoms with Crippen molar-refractivity contribution in [1.29, 1.82) is 0 Å². The van der Waals surface area contributed by atoms with E-state index in [-0.39, 0.29) is 0 Å². The number of hydrogen-bond acceptors (Lipinski definition) is 6. The summed E-state index contributed by atoms with van der Waals surface area (Å²) in [5.74, 6) is -0.0876. The van der Waals surface area contributed by atoms with Crippen molar-refractivity contribution in [2.24, 2.45) is 0 Å². The topological polar surface area (TPSA) is 101 Å². The highest BCUT2D eigenvalue weighted by atomic mass is 19.1. The Labute approximate surface area is 115 Å². The van der Waals surface area contributed by atoms with Gasteiger partial charge in [-0.2, -0.15) is 0 Å². The number of hydrogen-bond donors (Lipinski definition) is 3. The third-order valence-electron chi connectivity index (χ3n) is 3.93. The number of aromatic nitrogens is 2. The van der Waals surface area contributed by atoms with Gasteiger partial charge in [0.25, 0.3) is 0 Å². The molecule has 0 aromatic carbocycles. The van der Waals surface area contributed by atoms with Gasteiger partial charge >= 0.3 is 0 Å². The molecule has 3 rings (SSSR count). The number of halogens is 1. The molecule has 0 saturated carbocycles. The van der Waals surface area contributed by atoms with Crippen LogP contribution in [0.2, 0.25) is 0 Å². The largest absolute Gasteiger partial charge is 0.394 e. The van der Waals surface area contributed by atoms with Crippen molar-refractivity contribution < 1.29 is 19.3 Å². The molecule has 2 aliphatic rings.